The normalized spacial score (nSPS) is 20.8. The minimum Gasteiger partial charge on any atom is -0.463 e. The summed E-state index contributed by atoms with van der Waals surface area (Å²) in [6.45, 7) is 21.0. The van der Waals surface area contributed by atoms with E-state index in [0.717, 1.165) is 68.7 Å². The molecular weight excluding hydrogens is 2010 g/mol. The van der Waals surface area contributed by atoms with Crippen molar-refractivity contribution in [2.75, 3.05) is 132 Å². The van der Waals surface area contributed by atoms with Crippen molar-refractivity contribution in [3.05, 3.63) is 0 Å². The first-order chi connectivity index (χ1) is 71.3. The molecule has 3 aliphatic rings. The second-order valence-corrected chi connectivity index (χ2v) is 37.1. The van der Waals surface area contributed by atoms with Gasteiger partial charge in [-0.15, -0.1) is 0 Å². The molecule has 0 bridgehead atoms. The molecule has 0 radical (unpaired) electrons. The first kappa shape index (κ1) is 133. The van der Waals surface area contributed by atoms with Crippen molar-refractivity contribution in [3.63, 3.8) is 0 Å². The predicted molar refractivity (Wildman–Crippen MR) is 523 cm³/mol. The molecule has 150 heavy (non-hydrogen) atoms. The van der Waals surface area contributed by atoms with Gasteiger partial charge in [-0.05, 0) is 98.3 Å². The van der Waals surface area contributed by atoms with Crippen LogP contribution < -0.4 is 58.5 Å². The molecule has 0 spiro atoms. The molecule has 3 aliphatic heterocycles. The quantitative estimate of drug-likeness (QED) is 0.0170. The van der Waals surface area contributed by atoms with Gasteiger partial charge in [0.15, 0.2) is 55.5 Å². The molecule has 3 rings (SSSR count). The Balaban J connectivity index is 1.72. The molecule has 852 valence electrons. The van der Waals surface area contributed by atoms with Gasteiger partial charge in [0.1, 0.15) is 68.3 Å². The monoisotopic (exact) mass is 2160 g/mol. The number of carbonyl (C=O) groups is 20. The Hall–Kier alpha value is -11.2. The highest BCUT2D eigenvalue weighted by molar-refractivity contribution is 7.44. The fraction of sp³-hybridized carbons (Fsp3) is 0.781. The third kappa shape index (κ3) is 58.5. The third-order valence-corrected chi connectivity index (χ3v) is 24.0. The fourth-order valence-corrected chi connectivity index (χ4v) is 17.2. The van der Waals surface area contributed by atoms with E-state index in [9.17, 15) is 101 Å². The molecule has 11 N–H and O–H groups in total. The maximum atomic E-state index is 14.7. The van der Waals surface area contributed by atoms with Gasteiger partial charge in [0.2, 0.25) is 65.0 Å². The molecular formula is C96H158N13O40P. The Labute approximate surface area is 875 Å². The lowest BCUT2D eigenvalue weighted by Crippen LogP contribution is -2.66. The highest BCUT2D eigenvalue weighted by Gasteiger charge is 2.55. The van der Waals surface area contributed by atoms with Gasteiger partial charge >= 0.3 is 53.7 Å². The van der Waals surface area contributed by atoms with E-state index in [1.54, 1.807) is 0 Å². The van der Waals surface area contributed by atoms with Crippen LogP contribution >= 0.6 is 8.53 Å². The van der Waals surface area contributed by atoms with Crippen LogP contribution in [0.3, 0.4) is 0 Å². The van der Waals surface area contributed by atoms with Crippen LogP contribution in [-0.2, 0) is 190 Å². The summed E-state index contributed by atoms with van der Waals surface area (Å²) in [5.74, 6) is -12.4. The lowest BCUT2D eigenvalue weighted by Gasteiger charge is -2.44. The maximum Gasteiger partial charge on any atom is 0.303 e. The lowest BCUT2D eigenvalue weighted by atomic mass is 9.96. The van der Waals surface area contributed by atoms with Gasteiger partial charge in [0, 0.05) is 173 Å². The molecule has 3 fully saturated rings. The van der Waals surface area contributed by atoms with Gasteiger partial charge in [0.05, 0.1) is 85.2 Å². The largest absolute Gasteiger partial charge is 0.463 e. The summed E-state index contributed by atoms with van der Waals surface area (Å²) < 4.78 is 115. The van der Waals surface area contributed by atoms with E-state index in [1.807, 2.05) is 27.7 Å². The van der Waals surface area contributed by atoms with Gasteiger partial charge in [0.25, 0.3) is 8.53 Å². The molecule has 0 aromatic carbocycles. The molecule has 18 unspecified atom stereocenters. The summed E-state index contributed by atoms with van der Waals surface area (Å²) in [5, 5.41) is 39.3. The molecule has 11 amide bonds. The Morgan fingerprint density at radius 2 is 0.600 bits per heavy atom. The van der Waals surface area contributed by atoms with Crippen molar-refractivity contribution in [2.24, 2.45) is 0 Å². The van der Waals surface area contributed by atoms with Crippen LogP contribution in [0.15, 0.2) is 0 Å². The summed E-state index contributed by atoms with van der Waals surface area (Å²) >= 11 is 0. The summed E-state index contributed by atoms with van der Waals surface area (Å²) in [7, 11) is -1.45. The summed E-state index contributed by atoms with van der Waals surface area (Å²) in [6, 6.07) is -3.74. The van der Waals surface area contributed by atoms with Gasteiger partial charge in [-0.3, -0.25) is 95.9 Å². The van der Waals surface area contributed by atoms with E-state index in [4.69, 9.17) is 94.3 Å². The van der Waals surface area contributed by atoms with E-state index in [-0.39, 0.29) is 225 Å². The van der Waals surface area contributed by atoms with Gasteiger partial charge < -0.3 is 153 Å². The third-order valence-electron chi connectivity index (χ3n) is 21.9. The van der Waals surface area contributed by atoms with Crippen molar-refractivity contribution in [2.45, 2.75) is 355 Å². The van der Waals surface area contributed by atoms with Gasteiger partial charge in [-0.25, -0.2) is 4.67 Å². The van der Waals surface area contributed by atoms with Crippen LogP contribution in [-0.4, -0.2) is 371 Å². The van der Waals surface area contributed by atoms with Crippen LogP contribution in [0.25, 0.3) is 0 Å². The second kappa shape index (κ2) is 76.4. The number of nitrogens with zero attached hydrogens (tertiary/aromatic N) is 2. The van der Waals surface area contributed by atoms with Crippen molar-refractivity contribution < 1.29 is 190 Å². The average Bonchev–Trinajstić information content (AvgIpc) is 0.792. The minimum absolute atomic E-state index is 0.000768. The number of nitrogens with one attached hydrogen (secondary N) is 11. The second-order valence-electron chi connectivity index (χ2n) is 35.7. The Morgan fingerprint density at radius 3 is 0.913 bits per heavy atom. The van der Waals surface area contributed by atoms with E-state index in [0.29, 0.717) is 45.1 Å². The van der Waals surface area contributed by atoms with Crippen molar-refractivity contribution in [1.82, 2.24) is 63.2 Å². The maximum absolute atomic E-state index is 14.7. The van der Waals surface area contributed by atoms with Crippen molar-refractivity contribution in [3.8, 4) is 6.07 Å². The Kier molecular flexibility index (Phi) is 67.7. The number of hydrogen-bond acceptors (Lipinski definition) is 42. The standard InChI is InChI=1S/C96H158N13O40P/c1-58(2)109(59(3)4)150(140-45-28-37-97)139-44-24-18-17-21-40-103-92(128)72(29-19-22-38-98-77(122)31-25-33-79(124)100-41-46-130-49-52-133-94-83(104-60(5)110)89(144-69(14)119)86(141-66(11)116)74(147-94)55-136-63(8)113)108-93(129)73(107-82(127)36-27-35-81(126)102-43-48-132-51-54-135-96-85(106-62(7)112)91(146-71(16)121)88(143-68(13)118)76(149-96)57-138-65(10)115)30-20-23-39-99-78(123)32-26-34-80(125)101-42-47-131-50-53-134-95-84(105-61(6)111)90(145-70(15)120)87(142-67(12)117)75(148-95)56-137-64(9)114/h58-59,72-76,83-91,94-96H,17-36,38-57H2,1-16H3,(H,98,122)(H,99,123)(H,100,124)(H,101,125)(H,102,126)(H,103,128)(H,104,110)(H,105,111)(H,106,112)(H,107,127)(H,108,129). The molecule has 0 aliphatic carbocycles. The number of hydrogen-bond donors (Lipinski definition) is 11. The summed E-state index contributed by atoms with van der Waals surface area (Å²) in [6.07, 6.45) is -11.7. The molecule has 0 aromatic rings. The van der Waals surface area contributed by atoms with Crippen LogP contribution in [0, 0.1) is 11.3 Å². The molecule has 18 atom stereocenters. The van der Waals surface area contributed by atoms with Crippen molar-refractivity contribution >= 4 is 127 Å². The average molecular weight is 2170 g/mol. The molecule has 3 saturated heterocycles. The smallest absolute Gasteiger partial charge is 0.303 e. The summed E-state index contributed by atoms with van der Waals surface area (Å²) in [4.78, 5) is 254. The fourth-order valence-electron chi connectivity index (χ4n) is 15.6. The first-order valence-corrected chi connectivity index (χ1v) is 51.6. The number of ether oxygens (including phenoxy) is 18. The number of esters is 9. The first-order valence-electron chi connectivity index (χ1n) is 50.5. The lowest BCUT2D eigenvalue weighted by molar-refractivity contribution is -0.279. The highest BCUT2D eigenvalue weighted by atomic mass is 31.2. The van der Waals surface area contributed by atoms with E-state index < -0.39 is 227 Å². The number of nitriles is 1. The summed E-state index contributed by atoms with van der Waals surface area (Å²) in [5.41, 5.74) is 0. The molecule has 54 heteroatoms. The van der Waals surface area contributed by atoms with Crippen LogP contribution in [0.4, 0.5) is 0 Å². The molecule has 0 aromatic heterocycles. The van der Waals surface area contributed by atoms with Crippen LogP contribution in [0.5, 0.6) is 0 Å². The topological polar surface area (TPSA) is 685 Å². The van der Waals surface area contributed by atoms with Gasteiger partial charge in [-0.2, -0.15) is 5.26 Å². The van der Waals surface area contributed by atoms with Crippen LogP contribution in [0.1, 0.15) is 239 Å². The zero-order chi connectivity index (χ0) is 112. The molecule has 3 heterocycles. The highest BCUT2D eigenvalue weighted by Crippen LogP contribution is 2.46. The zero-order valence-corrected chi connectivity index (χ0v) is 89.8. The SMILES string of the molecule is CC(=O)NC1C(OCCOCCNC(=O)CCCC(=O)NCCCCC(NC(=O)CCCC(=O)NCCOCCOC2OC(COC(C)=O)C(OC(C)=O)C(OC(C)=O)C2NC(C)=O)C(=O)NC(CCCCNC(=O)CCCC(=O)NCCOCCOC2OC(COC(C)=O)C(OC(C)=O)C(OC(C)=O)C2NC(C)=O)C(=O)NCCCCCCOP(OCCC#N)N(C(C)C)C(C)C)OC(COC(C)=O)C(OC(C)=O)C1OC(C)=O. The van der Waals surface area contributed by atoms with Crippen LogP contribution in [0.2, 0.25) is 0 Å². The Bertz CT molecular complexity index is 4260. The van der Waals surface area contributed by atoms with Gasteiger partial charge in [-0.1, -0.05) is 12.8 Å². The molecule has 0 saturated carbocycles. The van der Waals surface area contributed by atoms with E-state index >= 15 is 0 Å². The van der Waals surface area contributed by atoms with E-state index in [2.05, 4.69) is 69.2 Å². The number of carbonyl (C=O) groups excluding carboxylic acids is 20. The molecule has 53 nitrogen and oxygen atoms in total. The number of unbranched alkanes of at least 4 members (excludes halogenated alkanes) is 5. The number of amides is 11. The zero-order valence-electron chi connectivity index (χ0n) is 88.9. The predicted octanol–water partition coefficient (Wildman–Crippen LogP) is 0.426. The van der Waals surface area contributed by atoms with Crippen molar-refractivity contribution in [1.29, 1.82) is 5.26 Å². The van der Waals surface area contributed by atoms with E-state index in [1.165, 1.54) is 20.8 Å². The Morgan fingerprint density at radius 1 is 0.307 bits per heavy atom. The minimum atomic E-state index is -1.45. The number of rotatable bonds is 76.